The van der Waals surface area contributed by atoms with E-state index in [2.05, 4.69) is 10.0 Å². The Hall–Kier alpha value is -1.31. The van der Waals surface area contributed by atoms with Crippen molar-refractivity contribution < 1.29 is 13.2 Å². The van der Waals surface area contributed by atoms with Crippen LogP contribution in [0.3, 0.4) is 0 Å². The molecular weight excluding hydrogens is 302 g/mol. The quantitative estimate of drug-likeness (QED) is 0.696. The number of amides is 1. The number of nitrogens with two attached hydrogens (primary N) is 1. The Balaban J connectivity index is 0.00000361. The smallest absolute Gasteiger partial charge is 0.253 e. The summed E-state index contributed by atoms with van der Waals surface area (Å²) in [5, 5.41) is 2.61. The monoisotopic (exact) mass is 321 g/mol. The van der Waals surface area contributed by atoms with Crippen LogP contribution >= 0.6 is 12.4 Å². The summed E-state index contributed by atoms with van der Waals surface area (Å²) >= 11 is 0. The molecule has 1 amide bonds. The molecule has 6 nitrogen and oxygen atoms in total. The van der Waals surface area contributed by atoms with Crippen LogP contribution in [-0.2, 0) is 10.0 Å². The summed E-state index contributed by atoms with van der Waals surface area (Å²) in [6.07, 6.45) is 0.511. The third-order valence-electron chi connectivity index (χ3n) is 2.34. The van der Waals surface area contributed by atoms with Crippen molar-refractivity contribution in [2.75, 3.05) is 23.6 Å². The summed E-state index contributed by atoms with van der Waals surface area (Å²) in [5.41, 5.74) is 5.88. The highest BCUT2D eigenvalue weighted by atomic mass is 35.5. The number of anilines is 1. The zero-order valence-electron chi connectivity index (χ0n) is 11.3. The maximum atomic E-state index is 11.9. The van der Waals surface area contributed by atoms with Gasteiger partial charge in [0.1, 0.15) is 0 Å². The molecule has 8 heteroatoms. The highest BCUT2D eigenvalue weighted by Gasteiger charge is 2.15. The van der Waals surface area contributed by atoms with Crippen LogP contribution in [0.4, 0.5) is 5.69 Å². The molecule has 1 rings (SSSR count). The topological polar surface area (TPSA) is 101 Å². The number of sulfonamides is 1. The van der Waals surface area contributed by atoms with Gasteiger partial charge in [0.2, 0.25) is 10.0 Å². The fourth-order valence-electron chi connectivity index (χ4n) is 1.54. The predicted octanol–water partition coefficient (Wildman–Crippen LogP) is 0.949. The first kappa shape index (κ1) is 18.7. The largest absolute Gasteiger partial charge is 0.351 e. The molecule has 114 valence electrons. The molecule has 0 spiro atoms. The van der Waals surface area contributed by atoms with Crippen LogP contribution in [0.25, 0.3) is 0 Å². The molecule has 0 aliphatic heterocycles. The van der Waals surface area contributed by atoms with Gasteiger partial charge in [-0.15, -0.1) is 12.4 Å². The summed E-state index contributed by atoms with van der Waals surface area (Å²) in [7, 11) is -3.42. The third-order valence-corrected chi connectivity index (χ3v) is 3.82. The number of benzene rings is 1. The lowest BCUT2D eigenvalue weighted by atomic mass is 10.1. The Morgan fingerprint density at radius 1 is 1.30 bits per heavy atom. The average molecular weight is 322 g/mol. The Morgan fingerprint density at radius 2 is 1.95 bits per heavy atom. The Bertz CT molecular complexity index is 535. The molecule has 0 aliphatic rings. The first-order valence-electron chi connectivity index (χ1n) is 6.08. The van der Waals surface area contributed by atoms with Gasteiger partial charge in [-0.05, 0) is 18.6 Å². The molecule has 0 aromatic heterocycles. The highest BCUT2D eigenvalue weighted by Crippen LogP contribution is 2.16. The van der Waals surface area contributed by atoms with Gasteiger partial charge in [0.05, 0.1) is 17.0 Å². The average Bonchev–Trinajstić information content (AvgIpc) is 2.36. The van der Waals surface area contributed by atoms with E-state index in [0.717, 1.165) is 0 Å². The van der Waals surface area contributed by atoms with Gasteiger partial charge < -0.3 is 11.1 Å². The molecule has 0 saturated heterocycles. The van der Waals surface area contributed by atoms with Crippen LogP contribution in [-0.4, -0.2) is 33.2 Å². The highest BCUT2D eigenvalue weighted by molar-refractivity contribution is 7.92. The molecule has 0 aliphatic carbocycles. The van der Waals surface area contributed by atoms with Gasteiger partial charge >= 0.3 is 0 Å². The van der Waals surface area contributed by atoms with E-state index >= 15 is 0 Å². The summed E-state index contributed by atoms with van der Waals surface area (Å²) in [5.74, 6) is -0.327. The molecule has 20 heavy (non-hydrogen) atoms. The van der Waals surface area contributed by atoms with Gasteiger partial charge in [0.15, 0.2) is 0 Å². The van der Waals surface area contributed by atoms with Crippen molar-refractivity contribution in [3.63, 3.8) is 0 Å². The number of hydrogen-bond donors (Lipinski definition) is 3. The number of nitrogens with one attached hydrogen (secondary N) is 2. The lowest BCUT2D eigenvalue weighted by Gasteiger charge is -2.12. The molecule has 0 saturated carbocycles. The predicted molar refractivity (Wildman–Crippen MR) is 82.8 cm³/mol. The van der Waals surface area contributed by atoms with Crippen molar-refractivity contribution in [1.82, 2.24) is 5.32 Å². The summed E-state index contributed by atoms with van der Waals surface area (Å²) < 4.78 is 25.9. The van der Waals surface area contributed by atoms with Crippen LogP contribution in [0, 0.1) is 0 Å². The van der Waals surface area contributed by atoms with Gasteiger partial charge in [-0.3, -0.25) is 9.52 Å². The van der Waals surface area contributed by atoms with Crippen molar-refractivity contribution >= 4 is 34.0 Å². The molecule has 0 fully saturated rings. The third kappa shape index (κ3) is 5.77. The molecule has 1 aromatic rings. The summed E-state index contributed by atoms with van der Waals surface area (Å²) in [6.45, 7) is 2.45. The minimum atomic E-state index is -3.42. The fraction of sp³-hybridized carbons (Fsp3) is 0.417. The number of halogens is 1. The second-order valence-corrected chi connectivity index (χ2v) is 5.85. The maximum Gasteiger partial charge on any atom is 0.253 e. The van der Waals surface area contributed by atoms with E-state index in [1.165, 1.54) is 0 Å². The van der Waals surface area contributed by atoms with Crippen LogP contribution < -0.4 is 15.8 Å². The zero-order valence-corrected chi connectivity index (χ0v) is 12.9. The van der Waals surface area contributed by atoms with E-state index in [1.807, 2.05) is 0 Å². The van der Waals surface area contributed by atoms with E-state index < -0.39 is 10.0 Å². The molecule has 4 N–H and O–H groups in total. The van der Waals surface area contributed by atoms with Gasteiger partial charge in [-0.2, -0.15) is 0 Å². The van der Waals surface area contributed by atoms with Crippen molar-refractivity contribution in [1.29, 1.82) is 0 Å². The number of carbonyl (C=O) groups is 1. The number of hydrogen-bond acceptors (Lipinski definition) is 4. The van der Waals surface area contributed by atoms with E-state index in [9.17, 15) is 13.2 Å². The maximum absolute atomic E-state index is 11.9. The molecule has 0 bridgehead atoms. The van der Waals surface area contributed by atoms with E-state index in [4.69, 9.17) is 5.73 Å². The lowest BCUT2D eigenvalue weighted by molar-refractivity contribution is 0.0955. The van der Waals surface area contributed by atoms with E-state index in [1.54, 1.807) is 31.2 Å². The zero-order chi connectivity index (χ0) is 14.3. The van der Waals surface area contributed by atoms with Crippen LogP contribution in [0.5, 0.6) is 0 Å². The number of para-hydroxylation sites is 1. The molecule has 0 heterocycles. The van der Waals surface area contributed by atoms with Crippen molar-refractivity contribution in [2.24, 2.45) is 5.73 Å². The van der Waals surface area contributed by atoms with Crippen LogP contribution in [0.2, 0.25) is 0 Å². The molecule has 0 atom stereocenters. The van der Waals surface area contributed by atoms with Crippen LogP contribution in [0.1, 0.15) is 23.7 Å². The molecule has 1 aromatic carbocycles. The van der Waals surface area contributed by atoms with Gasteiger partial charge in [0, 0.05) is 13.1 Å². The Morgan fingerprint density at radius 3 is 2.55 bits per heavy atom. The fourth-order valence-corrected chi connectivity index (χ4v) is 2.69. The number of rotatable bonds is 7. The second-order valence-electron chi connectivity index (χ2n) is 4.01. The minimum absolute atomic E-state index is 0. The molecular formula is C12H20ClN3O3S. The lowest BCUT2D eigenvalue weighted by Crippen LogP contribution is -2.30. The SMILES string of the molecule is CCCS(=O)(=O)Nc1ccccc1C(=O)NCCN.Cl. The van der Waals surface area contributed by atoms with Gasteiger partial charge in [0.25, 0.3) is 5.91 Å². The summed E-state index contributed by atoms with van der Waals surface area (Å²) in [4.78, 5) is 11.9. The van der Waals surface area contributed by atoms with Gasteiger partial charge in [-0.25, -0.2) is 8.42 Å². The molecule has 0 radical (unpaired) electrons. The second kappa shape index (κ2) is 8.78. The van der Waals surface area contributed by atoms with Gasteiger partial charge in [-0.1, -0.05) is 19.1 Å². The van der Waals surface area contributed by atoms with Crippen molar-refractivity contribution in [2.45, 2.75) is 13.3 Å². The van der Waals surface area contributed by atoms with Crippen molar-refractivity contribution in [3.05, 3.63) is 29.8 Å². The standard InChI is InChI=1S/C12H19N3O3S.ClH/c1-2-9-19(17,18)15-11-6-4-3-5-10(11)12(16)14-8-7-13;/h3-6,15H,2,7-9,13H2,1H3,(H,14,16);1H. The van der Waals surface area contributed by atoms with E-state index in [0.29, 0.717) is 19.5 Å². The summed E-state index contributed by atoms with van der Waals surface area (Å²) in [6, 6.07) is 6.47. The van der Waals surface area contributed by atoms with Crippen molar-refractivity contribution in [3.8, 4) is 0 Å². The Kier molecular flexibility index (Phi) is 8.21. The molecule has 0 unspecified atom stereocenters. The first-order chi connectivity index (χ1) is 9.00. The van der Waals surface area contributed by atoms with E-state index in [-0.39, 0.29) is 35.3 Å². The minimum Gasteiger partial charge on any atom is -0.351 e. The van der Waals surface area contributed by atoms with Crippen LogP contribution in [0.15, 0.2) is 24.3 Å². The Labute approximate surface area is 125 Å². The first-order valence-corrected chi connectivity index (χ1v) is 7.73. The normalized spacial score (nSPS) is 10.5. The number of carbonyl (C=O) groups excluding carboxylic acids is 1.